The zero-order valence-electron chi connectivity index (χ0n) is 19.9. The van der Waals surface area contributed by atoms with Crippen LogP contribution in [0.3, 0.4) is 0 Å². The summed E-state index contributed by atoms with van der Waals surface area (Å²) in [6.07, 6.45) is -3.90. The van der Waals surface area contributed by atoms with Crippen LogP contribution in [-0.4, -0.2) is 49.9 Å². The summed E-state index contributed by atoms with van der Waals surface area (Å²) < 4.78 is 65.4. The van der Waals surface area contributed by atoms with E-state index in [1.165, 1.54) is 25.1 Å². The van der Waals surface area contributed by atoms with Crippen LogP contribution in [0.5, 0.6) is 0 Å². The third-order valence-corrected chi connectivity index (χ3v) is 6.77. The number of allylic oxidation sites excluding steroid dienone is 1. The maximum absolute atomic E-state index is 13.7. The molecule has 2 aromatic carbocycles. The van der Waals surface area contributed by atoms with Gasteiger partial charge in [-0.05, 0) is 42.8 Å². The lowest BCUT2D eigenvalue weighted by Crippen LogP contribution is -2.55. The number of amides is 4. The number of aliphatic hydroxyl groups excluding tert-OH is 1. The first-order chi connectivity index (χ1) is 17.8. The van der Waals surface area contributed by atoms with Gasteiger partial charge in [0.15, 0.2) is 9.84 Å². The number of nitriles is 1. The summed E-state index contributed by atoms with van der Waals surface area (Å²) in [4.78, 5) is 31.2. The second-order valence-electron chi connectivity index (χ2n) is 8.11. The minimum Gasteiger partial charge on any atom is -0.395 e. The van der Waals surface area contributed by atoms with Gasteiger partial charge in [-0.25, -0.2) is 27.8 Å². The Bertz CT molecular complexity index is 1520. The first kappa shape index (κ1) is 28.2. The van der Waals surface area contributed by atoms with Crippen LogP contribution >= 0.6 is 0 Å². The number of nitrogens with zero attached hydrogens (tertiary/aromatic N) is 4. The van der Waals surface area contributed by atoms with E-state index in [-0.39, 0.29) is 34.8 Å². The smallest absolute Gasteiger partial charge is 0.395 e. The number of rotatable bonds is 5. The molecule has 198 valence electrons. The fourth-order valence-corrected chi connectivity index (χ4v) is 4.90. The van der Waals surface area contributed by atoms with Gasteiger partial charge >= 0.3 is 18.2 Å². The topological polar surface area (TPSA) is 135 Å². The van der Waals surface area contributed by atoms with E-state index in [2.05, 4.69) is 10.2 Å². The number of carbonyl (C=O) groups is 2. The maximum atomic E-state index is 13.7. The third-order valence-electron chi connectivity index (χ3n) is 5.62. The summed E-state index contributed by atoms with van der Waals surface area (Å²) >= 11 is 0. The van der Waals surface area contributed by atoms with Crippen molar-refractivity contribution in [2.75, 3.05) is 24.3 Å². The molecule has 0 saturated heterocycles. The van der Waals surface area contributed by atoms with Gasteiger partial charge < -0.3 is 10.4 Å². The summed E-state index contributed by atoms with van der Waals surface area (Å²) in [6.45, 7) is 8.23. The van der Waals surface area contributed by atoms with Gasteiger partial charge in [-0.1, -0.05) is 12.1 Å². The lowest BCUT2D eigenvalue weighted by atomic mass is 9.97. The van der Waals surface area contributed by atoms with Crippen molar-refractivity contribution in [3.8, 4) is 6.07 Å². The van der Waals surface area contributed by atoms with Gasteiger partial charge in [0.25, 0.3) is 0 Å². The van der Waals surface area contributed by atoms with Gasteiger partial charge in [0.2, 0.25) is 5.70 Å². The second-order valence-corrected chi connectivity index (χ2v) is 10.1. The number of carbonyl (C=O) groups excluding carboxylic acids is 2. The van der Waals surface area contributed by atoms with Crippen LogP contribution in [0.25, 0.3) is 4.85 Å². The zero-order chi connectivity index (χ0) is 28.4. The largest absolute Gasteiger partial charge is 0.416 e. The third kappa shape index (κ3) is 5.32. The van der Waals surface area contributed by atoms with Crippen LogP contribution < -0.4 is 10.2 Å². The highest BCUT2D eigenvalue weighted by molar-refractivity contribution is 7.90. The van der Waals surface area contributed by atoms with Gasteiger partial charge in [0.1, 0.15) is 6.04 Å². The Morgan fingerprint density at radius 2 is 1.95 bits per heavy atom. The van der Waals surface area contributed by atoms with Crippen LogP contribution in [0, 0.1) is 17.9 Å². The molecule has 14 heteroatoms. The van der Waals surface area contributed by atoms with Gasteiger partial charge in [0.05, 0.1) is 35.3 Å². The number of hydrogen-bond acceptors (Lipinski definition) is 6. The molecule has 4 amide bonds. The first-order valence-electron chi connectivity index (χ1n) is 10.8. The molecule has 0 spiro atoms. The Labute approximate surface area is 215 Å². The van der Waals surface area contributed by atoms with Crippen molar-refractivity contribution in [2.24, 2.45) is 0 Å². The highest BCUT2D eigenvalue weighted by Crippen LogP contribution is 2.43. The quantitative estimate of drug-likeness (QED) is 0.547. The van der Waals surface area contributed by atoms with E-state index in [0.29, 0.717) is 11.0 Å². The predicted molar refractivity (Wildman–Crippen MR) is 128 cm³/mol. The molecule has 10 nitrogen and oxygen atoms in total. The highest BCUT2D eigenvalue weighted by atomic mass is 32.2. The Morgan fingerprint density at radius 1 is 1.26 bits per heavy atom. The van der Waals surface area contributed by atoms with E-state index < -0.39 is 51.2 Å². The molecule has 1 heterocycles. The lowest BCUT2D eigenvalue weighted by molar-refractivity contribution is -0.137. The number of sulfone groups is 1. The normalized spacial score (nSPS) is 16.2. The number of alkyl halides is 3. The van der Waals surface area contributed by atoms with Crippen LogP contribution in [0.1, 0.15) is 29.7 Å². The fourth-order valence-electron chi connectivity index (χ4n) is 3.95. The van der Waals surface area contributed by atoms with Crippen molar-refractivity contribution in [3.63, 3.8) is 0 Å². The molecule has 0 saturated carbocycles. The average molecular weight is 548 g/mol. The summed E-state index contributed by atoms with van der Waals surface area (Å²) in [5, 5.41) is 20.7. The molecular weight excluding hydrogens is 527 g/mol. The molecule has 2 N–H and O–H groups in total. The molecular formula is C24H20F3N5O5S. The van der Waals surface area contributed by atoms with E-state index in [9.17, 15) is 36.4 Å². The monoisotopic (exact) mass is 547 g/mol. The second kappa shape index (κ2) is 10.5. The summed E-state index contributed by atoms with van der Waals surface area (Å²) in [5.41, 5.74) is -2.04. The number of imide groups is 1. The van der Waals surface area contributed by atoms with E-state index in [1.807, 2.05) is 0 Å². The number of urea groups is 2. The van der Waals surface area contributed by atoms with Crippen LogP contribution in [0.15, 0.2) is 58.8 Å². The molecule has 3 rings (SSSR count). The molecule has 38 heavy (non-hydrogen) atoms. The minimum absolute atomic E-state index is 0.0387. The highest BCUT2D eigenvalue weighted by Gasteiger charge is 2.45. The summed E-state index contributed by atoms with van der Waals surface area (Å²) in [6, 6.07) is 5.06. The molecule has 1 aliphatic heterocycles. The van der Waals surface area contributed by atoms with E-state index in [4.69, 9.17) is 11.7 Å². The lowest BCUT2D eigenvalue weighted by Gasteiger charge is -2.41. The van der Waals surface area contributed by atoms with Crippen molar-refractivity contribution in [2.45, 2.75) is 24.0 Å². The Balaban J connectivity index is 2.36. The van der Waals surface area contributed by atoms with E-state index >= 15 is 0 Å². The minimum atomic E-state index is -4.75. The summed E-state index contributed by atoms with van der Waals surface area (Å²) in [7, 11) is -4.06. The molecule has 0 radical (unpaired) electrons. The van der Waals surface area contributed by atoms with Crippen LogP contribution in [0.2, 0.25) is 0 Å². The number of nitrogens with one attached hydrogen (secondary N) is 1. The first-order valence-corrected chi connectivity index (χ1v) is 12.7. The van der Waals surface area contributed by atoms with Gasteiger partial charge in [-0.15, -0.1) is 0 Å². The standard InChI is InChI=1S/C24H20F3N5O5S/c1-14-20(29-2)21(18-8-7-15(13-28)11-19(18)38(3,36)37)32(22(34)30-9-10-33)23(35)31(14)17-6-4-5-16(12-17)24(25,26)27/h4-8,11-12,21,33H,9-10H2,1,3H3,(H,30,34)/t21-/m1/s1. The van der Waals surface area contributed by atoms with Crippen molar-refractivity contribution in [1.82, 2.24) is 10.2 Å². The number of aliphatic hydroxyl groups is 1. The molecule has 1 atom stereocenters. The van der Waals surface area contributed by atoms with Gasteiger partial charge in [-0.3, -0.25) is 4.90 Å². The van der Waals surface area contributed by atoms with Crippen molar-refractivity contribution >= 4 is 27.6 Å². The average Bonchev–Trinajstić information content (AvgIpc) is 2.85. The number of benzene rings is 2. The van der Waals surface area contributed by atoms with Crippen LogP contribution in [-0.2, 0) is 16.0 Å². The Kier molecular flexibility index (Phi) is 7.81. The fraction of sp³-hybridized carbons (Fsp3) is 0.250. The predicted octanol–water partition coefficient (Wildman–Crippen LogP) is 3.82. The van der Waals surface area contributed by atoms with Gasteiger partial charge in [0, 0.05) is 24.2 Å². The molecule has 0 aromatic heterocycles. The molecule has 1 aliphatic rings. The number of hydrogen-bond donors (Lipinski definition) is 2. The maximum Gasteiger partial charge on any atom is 0.416 e. The Hall–Kier alpha value is -4.40. The van der Waals surface area contributed by atoms with Crippen molar-refractivity contribution in [3.05, 3.63) is 82.0 Å². The summed E-state index contributed by atoms with van der Waals surface area (Å²) in [5.74, 6) is 0. The molecule has 2 aromatic rings. The van der Waals surface area contributed by atoms with Gasteiger partial charge in [-0.2, -0.15) is 18.4 Å². The molecule has 0 aliphatic carbocycles. The van der Waals surface area contributed by atoms with Crippen molar-refractivity contribution < 1.29 is 36.3 Å². The van der Waals surface area contributed by atoms with E-state index in [0.717, 1.165) is 29.4 Å². The van der Waals surface area contributed by atoms with Crippen LogP contribution in [0.4, 0.5) is 28.4 Å². The Morgan fingerprint density at radius 3 is 2.50 bits per heavy atom. The number of anilines is 1. The number of halogens is 3. The SMILES string of the molecule is [C-]#[N+]C1=C(C)N(c2cccc(C(F)(F)F)c2)C(=O)N(C(=O)NCCO)[C@@H]1c1ccc(C#N)cc1S(C)(=O)=O. The molecule has 0 bridgehead atoms. The van der Waals surface area contributed by atoms with E-state index in [1.54, 1.807) is 6.07 Å². The molecule has 0 fully saturated rings. The zero-order valence-corrected chi connectivity index (χ0v) is 20.8. The van der Waals surface area contributed by atoms with Crippen molar-refractivity contribution in [1.29, 1.82) is 5.26 Å². The molecule has 0 unspecified atom stereocenters.